The lowest BCUT2D eigenvalue weighted by atomic mass is 9.98. The first-order valence-electron chi connectivity index (χ1n) is 7.54. The molecule has 104 valence electrons. The van der Waals surface area contributed by atoms with E-state index in [1.807, 2.05) is 6.07 Å². The molecule has 19 heavy (non-hydrogen) atoms. The van der Waals surface area contributed by atoms with Gasteiger partial charge in [0.25, 0.3) is 0 Å². The summed E-state index contributed by atoms with van der Waals surface area (Å²) >= 11 is 6.51. The quantitative estimate of drug-likeness (QED) is 0.801. The third kappa shape index (κ3) is 2.69. The monoisotopic (exact) mass is 278 g/mol. The molecule has 2 aliphatic heterocycles. The molecule has 0 saturated carbocycles. The third-order valence-corrected chi connectivity index (χ3v) is 4.82. The molecule has 1 aromatic carbocycles. The number of rotatable bonds is 2. The van der Waals surface area contributed by atoms with E-state index in [0.29, 0.717) is 0 Å². The van der Waals surface area contributed by atoms with Crippen molar-refractivity contribution in [2.45, 2.75) is 32.6 Å². The number of benzene rings is 1. The van der Waals surface area contributed by atoms with E-state index in [-0.39, 0.29) is 0 Å². The van der Waals surface area contributed by atoms with Crippen LogP contribution in [0.1, 0.15) is 32.6 Å². The van der Waals surface area contributed by atoms with Crippen LogP contribution >= 0.6 is 11.6 Å². The molecule has 0 unspecified atom stereocenters. The van der Waals surface area contributed by atoms with Gasteiger partial charge in [-0.3, -0.25) is 0 Å². The van der Waals surface area contributed by atoms with Gasteiger partial charge in [0.2, 0.25) is 0 Å². The van der Waals surface area contributed by atoms with Gasteiger partial charge in [-0.1, -0.05) is 24.6 Å². The zero-order chi connectivity index (χ0) is 13.2. The zero-order valence-corrected chi connectivity index (χ0v) is 12.5. The van der Waals surface area contributed by atoms with Crippen LogP contribution in [0.2, 0.25) is 5.02 Å². The molecule has 3 rings (SSSR count). The van der Waals surface area contributed by atoms with Gasteiger partial charge in [0.05, 0.1) is 16.4 Å². The summed E-state index contributed by atoms with van der Waals surface area (Å²) in [5, 5.41) is 0.916. The second-order valence-corrected chi connectivity index (χ2v) is 6.38. The number of para-hydroxylation sites is 1. The molecule has 0 spiro atoms. The summed E-state index contributed by atoms with van der Waals surface area (Å²) in [6.45, 7) is 7.00. The zero-order valence-electron chi connectivity index (χ0n) is 11.7. The summed E-state index contributed by atoms with van der Waals surface area (Å²) in [5.74, 6) is 0.856. The lowest BCUT2D eigenvalue weighted by molar-refractivity contribution is 0.438. The molecule has 0 aliphatic carbocycles. The standard InChI is InChI=1S/C16H23ClN2/c1-13-7-11-19(12-8-13)16-14(17)5-4-6-15(16)18-9-2-3-10-18/h4-6,13H,2-3,7-12H2,1H3. The van der Waals surface area contributed by atoms with Crippen LogP contribution in [-0.4, -0.2) is 26.2 Å². The average Bonchev–Trinajstić information content (AvgIpc) is 2.94. The van der Waals surface area contributed by atoms with Gasteiger partial charge in [-0.25, -0.2) is 0 Å². The first-order chi connectivity index (χ1) is 9.25. The lowest BCUT2D eigenvalue weighted by Crippen LogP contribution is -2.34. The highest BCUT2D eigenvalue weighted by atomic mass is 35.5. The van der Waals surface area contributed by atoms with Crippen LogP contribution < -0.4 is 9.80 Å². The van der Waals surface area contributed by atoms with E-state index in [0.717, 1.165) is 24.0 Å². The maximum absolute atomic E-state index is 6.51. The SMILES string of the molecule is CC1CCN(c2c(Cl)cccc2N2CCCC2)CC1. The van der Waals surface area contributed by atoms with Crippen molar-refractivity contribution in [2.24, 2.45) is 5.92 Å². The van der Waals surface area contributed by atoms with Crippen molar-refractivity contribution in [3.63, 3.8) is 0 Å². The Morgan fingerprint density at radius 3 is 2.37 bits per heavy atom. The Kier molecular flexibility index (Phi) is 3.88. The van der Waals surface area contributed by atoms with Crippen molar-refractivity contribution < 1.29 is 0 Å². The molecule has 0 aromatic heterocycles. The van der Waals surface area contributed by atoms with Crippen LogP contribution in [0.4, 0.5) is 11.4 Å². The predicted molar refractivity (Wildman–Crippen MR) is 83.5 cm³/mol. The first kappa shape index (κ1) is 13.1. The molecular formula is C16H23ClN2. The molecule has 0 atom stereocenters. The number of hydrogen-bond acceptors (Lipinski definition) is 2. The van der Waals surface area contributed by atoms with E-state index < -0.39 is 0 Å². The van der Waals surface area contributed by atoms with E-state index in [1.54, 1.807) is 0 Å². The molecule has 0 bridgehead atoms. The van der Waals surface area contributed by atoms with Gasteiger partial charge in [0.1, 0.15) is 0 Å². The highest BCUT2D eigenvalue weighted by molar-refractivity contribution is 6.34. The van der Waals surface area contributed by atoms with Gasteiger partial charge in [0.15, 0.2) is 0 Å². The molecule has 2 heterocycles. The van der Waals surface area contributed by atoms with Gasteiger partial charge in [-0.15, -0.1) is 0 Å². The van der Waals surface area contributed by atoms with Crippen LogP contribution in [0, 0.1) is 5.92 Å². The summed E-state index contributed by atoms with van der Waals surface area (Å²) in [5.41, 5.74) is 2.62. The second kappa shape index (κ2) is 5.62. The topological polar surface area (TPSA) is 6.48 Å². The van der Waals surface area contributed by atoms with Crippen LogP contribution in [-0.2, 0) is 0 Å². The number of halogens is 1. The Balaban J connectivity index is 1.90. The van der Waals surface area contributed by atoms with Crippen LogP contribution in [0.25, 0.3) is 0 Å². The molecule has 3 heteroatoms. The maximum Gasteiger partial charge on any atom is 0.0793 e. The van der Waals surface area contributed by atoms with Crippen LogP contribution in [0.3, 0.4) is 0 Å². The molecule has 1 aromatic rings. The molecule has 2 fully saturated rings. The van der Waals surface area contributed by atoms with Gasteiger partial charge in [-0.2, -0.15) is 0 Å². The first-order valence-corrected chi connectivity index (χ1v) is 7.92. The van der Waals surface area contributed by atoms with Crippen molar-refractivity contribution >= 4 is 23.0 Å². The minimum atomic E-state index is 0.856. The number of nitrogens with zero attached hydrogens (tertiary/aromatic N) is 2. The summed E-state index contributed by atoms with van der Waals surface area (Å²) < 4.78 is 0. The molecule has 2 nitrogen and oxygen atoms in total. The normalized spacial score (nSPS) is 21.2. The molecular weight excluding hydrogens is 256 g/mol. The fourth-order valence-corrected chi connectivity index (χ4v) is 3.55. The van der Waals surface area contributed by atoms with E-state index in [2.05, 4.69) is 28.9 Å². The summed E-state index contributed by atoms with van der Waals surface area (Å²) in [6, 6.07) is 6.37. The minimum absolute atomic E-state index is 0.856. The van der Waals surface area contributed by atoms with Gasteiger partial charge < -0.3 is 9.80 Å². The van der Waals surface area contributed by atoms with Crippen molar-refractivity contribution in [2.75, 3.05) is 36.0 Å². The highest BCUT2D eigenvalue weighted by Crippen LogP contribution is 2.39. The van der Waals surface area contributed by atoms with E-state index in [9.17, 15) is 0 Å². The largest absolute Gasteiger partial charge is 0.370 e. The molecule has 0 N–H and O–H groups in total. The highest BCUT2D eigenvalue weighted by Gasteiger charge is 2.24. The molecule has 0 amide bonds. The van der Waals surface area contributed by atoms with E-state index >= 15 is 0 Å². The van der Waals surface area contributed by atoms with Crippen molar-refractivity contribution in [3.05, 3.63) is 23.2 Å². The summed E-state index contributed by atoms with van der Waals surface area (Å²) in [7, 11) is 0. The van der Waals surface area contributed by atoms with Gasteiger partial charge in [-0.05, 0) is 43.7 Å². The lowest BCUT2D eigenvalue weighted by Gasteiger charge is -2.35. The van der Waals surface area contributed by atoms with Gasteiger partial charge >= 0.3 is 0 Å². The van der Waals surface area contributed by atoms with Crippen molar-refractivity contribution in [1.29, 1.82) is 0 Å². The fraction of sp³-hybridized carbons (Fsp3) is 0.625. The smallest absolute Gasteiger partial charge is 0.0793 e. The maximum atomic E-state index is 6.51. The second-order valence-electron chi connectivity index (χ2n) is 5.97. The third-order valence-electron chi connectivity index (χ3n) is 4.51. The Bertz CT molecular complexity index is 432. The van der Waals surface area contributed by atoms with Crippen LogP contribution in [0.5, 0.6) is 0 Å². The summed E-state index contributed by atoms with van der Waals surface area (Å²) in [4.78, 5) is 5.00. The Labute approximate surface area is 121 Å². The predicted octanol–water partition coefficient (Wildman–Crippen LogP) is 4.18. The Morgan fingerprint density at radius 1 is 1.00 bits per heavy atom. The minimum Gasteiger partial charge on any atom is -0.370 e. The number of piperidine rings is 1. The van der Waals surface area contributed by atoms with Gasteiger partial charge in [0, 0.05) is 26.2 Å². The molecule has 0 radical (unpaired) electrons. The van der Waals surface area contributed by atoms with Crippen molar-refractivity contribution in [1.82, 2.24) is 0 Å². The van der Waals surface area contributed by atoms with E-state index in [4.69, 9.17) is 11.6 Å². The molecule has 2 aliphatic rings. The van der Waals surface area contributed by atoms with E-state index in [1.165, 1.54) is 50.1 Å². The fourth-order valence-electron chi connectivity index (χ4n) is 3.26. The van der Waals surface area contributed by atoms with Crippen molar-refractivity contribution in [3.8, 4) is 0 Å². The van der Waals surface area contributed by atoms with Crippen LogP contribution in [0.15, 0.2) is 18.2 Å². The number of anilines is 2. The Hall–Kier alpha value is -0.890. The average molecular weight is 279 g/mol. The summed E-state index contributed by atoms with van der Waals surface area (Å²) in [6.07, 6.45) is 5.18. The Morgan fingerprint density at radius 2 is 1.68 bits per heavy atom. The number of hydrogen-bond donors (Lipinski definition) is 0. The molecule has 2 saturated heterocycles.